The third-order valence-electron chi connectivity index (χ3n) is 3.13. The lowest BCUT2D eigenvalue weighted by Gasteiger charge is -2.31. The SMILES string of the molecule is O=C1C=CN([C@@H]2O[C@H](COP(=O)([O-])[O-])C(O)C2O)CC1. The second-order valence-corrected chi connectivity index (χ2v) is 5.71. The van der Waals surface area contributed by atoms with E-state index in [1.54, 1.807) is 0 Å². The fourth-order valence-corrected chi connectivity index (χ4v) is 2.42. The Kier molecular flexibility index (Phi) is 4.60. The third kappa shape index (κ3) is 3.64. The summed E-state index contributed by atoms with van der Waals surface area (Å²) < 4.78 is 19.7. The minimum Gasteiger partial charge on any atom is -0.790 e. The molecule has 0 radical (unpaired) electrons. The number of nitrogens with zero attached hydrogens (tertiary/aromatic N) is 1. The molecule has 9 nitrogen and oxygen atoms in total. The molecule has 0 aromatic heterocycles. The molecule has 4 atom stereocenters. The molecule has 1 fully saturated rings. The van der Waals surface area contributed by atoms with Gasteiger partial charge in [0.25, 0.3) is 0 Å². The molecular formula is C10H14NO8P-2. The van der Waals surface area contributed by atoms with Gasteiger partial charge in [-0.1, -0.05) is 0 Å². The number of aliphatic hydroxyl groups excluding tert-OH is 2. The van der Waals surface area contributed by atoms with Gasteiger partial charge in [0.05, 0.1) is 14.4 Å². The topological polar surface area (TPSA) is 142 Å². The van der Waals surface area contributed by atoms with Gasteiger partial charge in [0.1, 0.15) is 18.3 Å². The van der Waals surface area contributed by atoms with Crippen molar-refractivity contribution in [3.8, 4) is 0 Å². The lowest BCUT2D eigenvalue weighted by Crippen LogP contribution is -2.43. The molecule has 2 N–H and O–H groups in total. The van der Waals surface area contributed by atoms with Crippen LogP contribution < -0.4 is 9.79 Å². The standard InChI is InChI=1S/C10H16NO8P/c12-6-1-3-11(4-2-6)10-9(14)8(13)7(19-10)5-18-20(15,16)17/h1,3,7-10,13-14H,2,4-5H2,(H2,15,16,17)/p-2/t7-,8?,9?,10-/m1/s1. The highest BCUT2D eigenvalue weighted by Crippen LogP contribution is 2.30. The quantitative estimate of drug-likeness (QED) is 0.521. The molecule has 20 heavy (non-hydrogen) atoms. The number of aliphatic hydroxyl groups is 2. The number of ketones is 1. The lowest BCUT2D eigenvalue weighted by atomic mass is 10.1. The molecule has 0 aromatic rings. The molecule has 2 rings (SSSR count). The molecule has 114 valence electrons. The van der Waals surface area contributed by atoms with Crippen molar-refractivity contribution in [2.24, 2.45) is 0 Å². The highest BCUT2D eigenvalue weighted by Gasteiger charge is 2.45. The van der Waals surface area contributed by atoms with Gasteiger partial charge in [-0.2, -0.15) is 0 Å². The number of allylic oxidation sites excluding steroid dienone is 1. The van der Waals surface area contributed by atoms with E-state index in [0.29, 0.717) is 6.54 Å². The number of phosphoric acid groups is 1. The van der Waals surface area contributed by atoms with Gasteiger partial charge in [0, 0.05) is 19.2 Å². The van der Waals surface area contributed by atoms with Gasteiger partial charge in [-0.25, -0.2) is 0 Å². The first-order valence-electron chi connectivity index (χ1n) is 5.93. The fourth-order valence-electron chi connectivity index (χ4n) is 2.09. The van der Waals surface area contributed by atoms with Gasteiger partial charge in [-0.3, -0.25) is 4.79 Å². The van der Waals surface area contributed by atoms with Crippen LogP contribution in [0, 0.1) is 0 Å². The average molecular weight is 307 g/mol. The van der Waals surface area contributed by atoms with E-state index in [1.165, 1.54) is 17.2 Å². The normalized spacial score (nSPS) is 34.8. The van der Waals surface area contributed by atoms with E-state index >= 15 is 0 Å². The minimum atomic E-state index is -5.17. The van der Waals surface area contributed by atoms with E-state index in [1.807, 2.05) is 0 Å². The smallest absolute Gasteiger partial charge is 0.159 e. The van der Waals surface area contributed by atoms with Crippen LogP contribution in [0.25, 0.3) is 0 Å². The Hall–Kier alpha value is -0.800. The lowest BCUT2D eigenvalue weighted by molar-refractivity contribution is -0.343. The van der Waals surface area contributed by atoms with Crippen LogP contribution in [0.2, 0.25) is 0 Å². The van der Waals surface area contributed by atoms with Crippen LogP contribution in [0.5, 0.6) is 0 Å². The van der Waals surface area contributed by atoms with E-state index in [-0.39, 0.29) is 12.2 Å². The summed E-state index contributed by atoms with van der Waals surface area (Å²) in [5.74, 6) is -0.0622. The van der Waals surface area contributed by atoms with Gasteiger partial charge in [-0.15, -0.1) is 0 Å². The van der Waals surface area contributed by atoms with E-state index in [9.17, 15) is 29.4 Å². The Morgan fingerprint density at radius 1 is 1.45 bits per heavy atom. The van der Waals surface area contributed by atoms with Crippen LogP contribution >= 0.6 is 7.82 Å². The number of hydrogen-bond donors (Lipinski definition) is 2. The Balaban J connectivity index is 1.98. The molecule has 2 heterocycles. The van der Waals surface area contributed by atoms with Gasteiger partial charge < -0.3 is 38.7 Å². The molecule has 10 heteroatoms. The summed E-state index contributed by atoms with van der Waals surface area (Å²) in [5.41, 5.74) is 0. The predicted octanol–water partition coefficient (Wildman–Crippen LogP) is -2.93. The zero-order valence-electron chi connectivity index (χ0n) is 10.3. The largest absolute Gasteiger partial charge is 0.790 e. The van der Waals surface area contributed by atoms with Crippen LogP contribution in [-0.2, 0) is 18.6 Å². The first-order valence-corrected chi connectivity index (χ1v) is 7.39. The predicted molar refractivity (Wildman–Crippen MR) is 59.7 cm³/mol. The molecule has 2 aliphatic heterocycles. The molecule has 2 aliphatic rings. The summed E-state index contributed by atoms with van der Waals surface area (Å²) in [6.45, 7) is -0.367. The zero-order chi connectivity index (χ0) is 14.9. The van der Waals surface area contributed by atoms with Crippen molar-refractivity contribution in [3.05, 3.63) is 12.3 Å². The van der Waals surface area contributed by atoms with Crippen LogP contribution in [0.4, 0.5) is 0 Å². The molecule has 0 saturated carbocycles. The van der Waals surface area contributed by atoms with Crippen molar-refractivity contribution in [2.45, 2.75) is 31.0 Å². The van der Waals surface area contributed by atoms with Crippen molar-refractivity contribution in [3.63, 3.8) is 0 Å². The maximum atomic E-state index is 11.1. The van der Waals surface area contributed by atoms with Gasteiger partial charge in [-0.05, 0) is 6.08 Å². The van der Waals surface area contributed by atoms with Gasteiger partial charge in [0.15, 0.2) is 12.0 Å². The Morgan fingerprint density at radius 2 is 2.15 bits per heavy atom. The number of carbonyl (C=O) groups excluding carboxylic acids is 1. The maximum Gasteiger partial charge on any atom is 0.159 e. The second-order valence-electron chi connectivity index (χ2n) is 4.56. The summed E-state index contributed by atoms with van der Waals surface area (Å²) >= 11 is 0. The number of rotatable bonds is 4. The monoisotopic (exact) mass is 307 g/mol. The van der Waals surface area contributed by atoms with Crippen molar-refractivity contribution in [1.82, 2.24) is 4.90 Å². The summed E-state index contributed by atoms with van der Waals surface area (Å²) in [6.07, 6.45) is -1.77. The van der Waals surface area contributed by atoms with Gasteiger partial charge >= 0.3 is 0 Å². The Labute approximate surface area is 114 Å². The first-order chi connectivity index (χ1) is 9.28. The highest BCUT2D eigenvalue weighted by molar-refractivity contribution is 7.43. The molecule has 0 aliphatic carbocycles. The first kappa shape index (κ1) is 15.6. The molecule has 0 aromatic carbocycles. The zero-order valence-corrected chi connectivity index (χ0v) is 11.2. The van der Waals surface area contributed by atoms with E-state index < -0.39 is 39.0 Å². The van der Waals surface area contributed by atoms with E-state index in [4.69, 9.17) is 4.74 Å². The van der Waals surface area contributed by atoms with E-state index in [0.717, 1.165) is 0 Å². The summed E-state index contributed by atoms with van der Waals surface area (Å²) in [6, 6.07) is 0. The number of hydrogen-bond acceptors (Lipinski definition) is 9. The highest BCUT2D eigenvalue weighted by atomic mass is 31.2. The summed E-state index contributed by atoms with van der Waals surface area (Å²) in [5, 5.41) is 19.6. The van der Waals surface area contributed by atoms with Crippen molar-refractivity contribution < 1.29 is 38.6 Å². The van der Waals surface area contributed by atoms with Gasteiger partial charge in [0.2, 0.25) is 0 Å². The van der Waals surface area contributed by atoms with Crippen molar-refractivity contribution >= 4 is 13.6 Å². The molecule has 0 amide bonds. The Bertz CT molecular complexity index is 449. The molecular weight excluding hydrogens is 293 g/mol. The van der Waals surface area contributed by atoms with Crippen molar-refractivity contribution in [1.29, 1.82) is 0 Å². The van der Waals surface area contributed by atoms with Crippen LogP contribution in [-0.4, -0.2) is 58.6 Å². The number of phosphoric ester groups is 1. The number of ether oxygens (including phenoxy) is 1. The molecule has 2 unspecified atom stereocenters. The molecule has 1 saturated heterocycles. The third-order valence-corrected chi connectivity index (χ3v) is 3.59. The van der Waals surface area contributed by atoms with Crippen molar-refractivity contribution in [2.75, 3.05) is 13.2 Å². The Morgan fingerprint density at radius 3 is 2.70 bits per heavy atom. The maximum absolute atomic E-state index is 11.1. The summed E-state index contributed by atoms with van der Waals surface area (Å²) in [4.78, 5) is 33.4. The summed E-state index contributed by atoms with van der Waals surface area (Å²) in [7, 11) is -5.17. The minimum absolute atomic E-state index is 0.0622. The number of carbonyl (C=O) groups is 1. The average Bonchev–Trinajstić information content (AvgIpc) is 2.64. The van der Waals surface area contributed by atoms with Crippen LogP contribution in [0.3, 0.4) is 0 Å². The fraction of sp³-hybridized carbons (Fsp3) is 0.700. The molecule has 0 bridgehead atoms. The van der Waals surface area contributed by atoms with Crippen LogP contribution in [0.15, 0.2) is 12.3 Å². The molecule has 0 spiro atoms. The second kappa shape index (κ2) is 5.90. The van der Waals surface area contributed by atoms with E-state index in [2.05, 4.69) is 4.52 Å². The van der Waals surface area contributed by atoms with Crippen LogP contribution in [0.1, 0.15) is 6.42 Å².